The second-order valence-electron chi connectivity index (χ2n) is 2.68. The Morgan fingerprint density at radius 3 is 3.15 bits per heavy atom. The van der Waals surface area contributed by atoms with Gasteiger partial charge in [0.25, 0.3) is 11.4 Å². The first-order chi connectivity index (χ1) is 6.24. The maximum Gasteiger partial charge on any atom is 0.297 e. The molecule has 0 aromatic carbocycles. The number of nitrogens with zero attached hydrogens (tertiary/aromatic N) is 3. The number of aromatic amines is 1. The zero-order valence-corrected chi connectivity index (χ0v) is 6.90. The first kappa shape index (κ1) is 7.55. The van der Waals surface area contributed by atoms with E-state index in [1.165, 1.54) is 10.8 Å². The lowest BCUT2D eigenvalue weighted by molar-refractivity contribution is 0.899. The van der Waals surface area contributed by atoms with Crippen LogP contribution in [-0.4, -0.2) is 14.6 Å². The van der Waals surface area contributed by atoms with Crippen molar-refractivity contribution in [2.75, 3.05) is 0 Å². The minimum absolute atomic E-state index is 0.220. The van der Waals surface area contributed by atoms with Crippen molar-refractivity contribution in [1.82, 2.24) is 14.6 Å². The molecule has 0 aliphatic rings. The van der Waals surface area contributed by atoms with Crippen LogP contribution in [0.1, 0.15) is 5.56 Å². The van der Waals surface area contributed by atoms with Gasteiger partial charge < -0.3 is 9.83 Å². The highest BCUT2D eigenvalue weighted by atomic mass is 16.1. The molecule has 0 unspecified atom stereocenters. The second-order valence-corrected chi connectivity index (χ2v) is 2.68. The quantitative estimate of drug-likeness (QED) is 0.603. The van der Waals surface area contributed by atoms with Crippen LogP contribution in [0.3, 0.4) is 0 Å². The van der Waals surface area contributed by atoms with Gasteiger partial charge in [0.15, 0.2) is 0 Å². The predicted molar refractivity (Wildman–Crippen MR) is 46.8 cm³/mol. The van der Waals surface area contributed by atoms with Crippen LogP contribution in [0, 0.1) is 13.5 Å². The van der Waals surface area contributed by atoms with E-state index in [0.717, 1.165) is 5.56 Å². The van der Waals surface area contributed by atoms with Crippen molar-refractivity contribution in [3.63, 3.8) is 0 Å². The van der Waals surface area contributed by atoms with Gasteiger partial charge in [-0.05, 0) is 18.6 Å². The molecule has 2 rings (SSSR count). The van der Waals surface area contributed by atoms with Gasteiger partial charge in [-0.25, -0.2) is 0 Å². The smallest absolute Gasteiger partial charge is 0.297 e. The maximum absolute atomic E-state index is 11.3. The van der Waals surface area contributed by atoms with Crippen molar-refractivity contribution in [3.05, 3.63) is 39.7 Å². The van der Waals surface area contributed by atoms with Crippen LogP contribution < -0.4 is 5.56 Å². The molecule has 5 heteroatoms. The molecule has 0 bridgehead atoms. The highest BCUT2D eigenvalue weighted by molar-refractivity contribution is 5.61. The molecule has 0 amide bonds. The lowest BCUT2D eigenvalue weighted by atomic mass is 10.3. The summed E-state index contributed by atoms with van der Waals surface area (Å²) < 4.78 is 1.35. The van der Waals surface area contributed by atoms with Gasteiger partial charge in [-0.15, -0.1) is 0 Å². The Morgan fingerprint density at radius 1 is 1.69 bits per heavy atom. The lowest BCUT2D eigenvalue weighted by Gasteiger charge is -1.88. The average Bonchev–Trinajstić information content (AvgIpc) is 2.44. The van der Waals surface area contributed by atoms with Gasteiger partial charge in [0.05, 0.1) is 0 Å². The van der Waals surface area contributed by atoms with Crippen molar-refractivity contribution >= 4 is 11.3 Å². The molecule has 0 spiro atoms. The minimum atomic E-state index is -0.220. The van der Waals surface area contributed by atoms with Crippen LogP contribution in [0.15, 0.2) is 17.2 Å². The van der Waals surface area contributed by atoms with Crippen molar-refractivity contribution in [2.24, 2.45) is 0 Å². The molecule has 0 aliphatic carbocycles. The van der Waals surface area contributed by atoms with Crippen LogP contribution in [0.4, 0.5) is 5.82 Å². The summed E-state index contributed by atoms with van der Waals surface area (Å²) in [6, 6.07) is 1.64. The number of aryl methyl sites for hydroxylation is 1. The number of fused-ring (bicyclic) bond motifs is 1. The lowest BCUT2D eigenvalue weighted by Crippen LogP contribution is -2.10. The van der Waals surface area contributed by atoms with Gasteiger partial charge in [0.1, 0.15) is 6.33 Å². The summed E-state index contributed by atoms with van der Waals surface area (Å²) in [5, 5.41) is 3.88. The minimum Gasteiger partial charge on any atom is -0.362 e. The number of aromatic nitrogens is 3. The largest absolute Gasteiger partial charge is 0.362 e. The van der Waals surface area contributed by atoms with Crippen molar-refractivity contribution in [3.8, 4) is 0 Å². The highest BCUT2D eigenvalue weighted by Gasteiger charge is 2.11. The monoisotopic (exact) mass is 174 g/mol. The summed E-state index contributed by atoms with van der Waals surface area (Å²) in [5.74, 6) is 0.360. The van der Waals surface area contributed by atoms with Gasteiger partial charge in [-0.1, -0.05) is 11.7 Å². The molecule has 0 saturated carbocycles. The number of rotatable bonds is 0. The van der Waals surface area contributed by atoms with E-state index in [9.17, 15) is 4.79 Å². The third kappa shape index (κ3) is 0.924. The Balaban J connectivity index is 3.07. The molecule has 2 heterocycles. The SMILES string of the molecule is [C-]#[N+]c1cc(C)c2c(=O)[nH]cnn12. The van der Waals surface area contributed by atoms with Gasteiger partial charge in [-0.2, -0.15) is 4.52 Å². The highest BCUT2D eigenvalue weighted by Crippen LogP contribution is 2.17. The molecule has 0 aliphatic heterocycles. The molecule has 64 valence electrons. The van der Waals surface area contributed by atoms with E-state index >= 15 is 0 Å². The Labute approximate surface area is 73.5 Å². The van der Waals surface area contributed by atoms with Gasteiger partial charge in [0.2, 0.25) is 5.52 Å². The molecule has 0 saturated heterocycles. The van der Waals surface area contributed by atoms with Crippen LogP contribution >= 0.6 is 0 Å². The number of hydrogen-bond donors (Lipinski definition) is 1. The standard InChI is InChI=1S/C8H6N4O/c1-5-3-6(9-2)12-7(5)8(13)10-4-11-12/h3-4H,1H3,(H,10,11,13). The third-order valence-electron chi connectivity index (χ3n) is 1.85. The summed E-state index contributed by atoms with van der Waals surface area (Å²) in [6.45, 7) is 8.64. The van der Waals surface area contributed by atoms with E-state index in [4.69, 9.17) is 6.57 Å². The molecule has 0 radical (unpaired) electrons. The third-order valence-corrected chi connectivity index (χ3v) is 1.85. The molecule has 0 fully saturated rings. The zero-order chi connectivity index (χ0) is 9.42. The number of nitrogens with one attached hydrogen (secondary N) is 1. The van der Waals surface area contributed by atoms with Gasteiger partial charge in [-0.3, -0.25) is 4.79 Å². The van der Waals surface area contributed by atoms with Crippen molar-refractivity contribution in [2.45, 2.75) is 6.92 Å². The molecule has 5 nitrogen and oxygen atoms in total. The van der Waals surface area contributed by atoms with Gasteiger partial charge in [0, 0.05) is 0 Å². The Hall–Kier alpha value is -2.09. The molecular formula is C8H6N4O. The number of H-pyrrole nitrogens is 1. The maximum atomic E-state index is 11.3. The molecule has 2 aromatic rings. The fourth-order valence-electron chi connectivity index (χ4n) is 1.29. The summed E-state index contributed by atoms with van der Waals surface area (Å²) in [5.41, 5.74) is 0.983. The van der Waals surface area contributed by atoms with E-state index in [1.807, 2.05) is 0 Å². The topological polar surface area (TPSA) is 54.5 Å². The van der Waals surface area contributed by atoms with Crippen molar-refractivity contribution < 1.29 is 0 Å². The molecule has 0 atom stereocenters. The van der Waals surface area contributed by atoms with E-state index in [1.54, 1.807) is 13.0 Å². The molecule has 2 aromatic heterocycles. The average molecular weight is 174 g/mol. The first-order valence-corrected chi connectivity index (χ1v) is 3.67. The summed E-state index contributed by atoms with van der Waals surface area (Å²) >= 11 is 0. The van der Waals surface area contributed by atoms with Crippen LogP contribution in [0.5, 0.6) is 0 Å². The summed E-state index contributed by atoms with van der Waals surface area (Å²) in [7, 11) is 0. The normalized spacial score (nSPS) is 10.2. The van der Waals surface area contributed by atoms with Crippen LogP contribution in [0.25, 0.3) is 10.4 Å². The fourth-order valence-corrected chi connectivity index (χ4v) is 1.29. The van der Waals surface area contributed by atoms with Gasteiger partial charge >= 0.3 is 0 Å². The Bertz CT molecular complexity index is 558. The van der Waals surface area contributed by atoms with Crippen molar-refractivity contribution in [1.29, 1.82) is 0 Å². The van der Waals surface area contributed by atoms with E-state index < -0.39 is 0 Å². The zero-order valence-electron chi connectivity index (χ0n) is 6.90. The molecule has 13 heavy (non-hydrogen) atoms. The fraction of sp³-hybridized carbons (Fsp3) is 0.125. The summed E-state index contributed by atoms with van der Waals surface area (Å²) in [6.07, 6.45) is 1.28. The second kappa shape index (κ2) is 2.45. The molecule has 1 N–H and O–H groups in total. The Morgan fingerprint density at radius 2 is 2.46 bits per heavy atom. The van der Waals surface area contributed by atoms with E-state index in [0.29, 0.717) is 11.3 Å². The van der Waals surface area contributed by atoms with Crippen LogP contribution in [0.2, 0.25) is 0 Å². The Kier molecular flexibility index (Phi) is 1.43. The first-order valence-electron chi connectivity index (χ1n) is 3.67. The summed E-state index contributed by atoms with van der Waals surface area (Å²) in [4.78, 5) is 17.0. The number of hydrogen-bond acceptors (Lipinski definition) is 2. The van der Waals surface area contributed by atoms with E-state index in [2.05, 4.69) is 14.9 Å². The van der Waals surface area contributed by atoms with Crippen LogP contribution in [-0.2, 0) is 0 Å². The molecular weight excluding hydrogens is 168 g/mol. The predicted octanol–water partition coefficient (Wildman–Crippen LogP) is 0.882. The van der Waals surface area contributed by atoms with E-state index in [-0.39, 0.29) is 5.56 Å².